The normalized spacial score (nSPS) is 20.7. The molecule has 1 aromatic rings. The summed E-state index contributed by atoms with van der Waals surface area (Å²) in [6.07, 6.45) is 8.55. The van der Waals surface area contributed by atoms with E-state index in [1.807, 2.05) is 0 Å². The first-order valence-corrected chi connectivity index (χ1v) is 12.2. The van der Waals surface area contributed by atoms with Crippen LogP contribution in [0.1, 0.15) is 51.0 Å². The molecule has 6 nitrogen and oxygen atoms in total. The lowest BCUT2D eigenvalue weighted by molar-refractivity contribution is -0.0721. The van der Waals surface area contributed by atoms with Crippen LogP contribution in [0.5, 0.6) is 0 Å². The Morgan fingerprint density at radius 2 is 1.94 bits per heavy atom. The molecular formula is C25H42N4O2. The summed E-state index contributed by atoms with van der Waals surface area (Å²) in [5.74, 6) is 1.06. The van der Waals surface area contributed by atoms with E-state index in [1.165, 1.54) is 24.1 Å². The second-order valence-electron chi connectivity index (χ2n) is 8.91. The second kappa shape index (κ2) is 12.9. The van der Waals surface area contributed by atoms with Gasteiger partial charge in [0, 0.05) is 52.6 Å². The van der Waals surface area contributed by atoms with Crippen molar-refractivity contribution in [2.75, 3.05) is 58.4 Å². The Hall–Kier alpha value is -1.79. The lowest BCUT2D eigenvalue weighted by Gasteiger charge is -2.35. The molecule has 0 bridgehead atoms. The average molecular weight is 431 g/mol. The Kier molecular flexibility index (Phi) is 9.94. The summed E-state index contributed by atoms with van der Waals surface area (Å²) in [4.78, 5) is 9.43. The first-order chi connectivity index (χ1) is 15.2. The Labute approximate surface area is 189 Å². The van der Waals surface area contributed by atoms with Crippen molar-refractivity contribution in [2.45, 2.75) is 64.1 Å². The zero-order valence-electron chi connectivity index (χ0n) is 19.8. The summed E-state index contributed by atoms with van der Waals surface area (Å²) in [6, 6.07) is 8.84. The number of benzene rings is 1. The van der Waals surface area contributed by atoms with Gasteiger partial charge in [0.2, 0.25) is 0 Å². The summed E-state index contributed by atoms with van der Waals surface area (Å²) in [6.45, 7) is 7.57. The molecule has 174 valence electrons. The molecule has 31 heavy (non-hydrogen) atoms. The van der Waals surface area contributed by atoms with Gasteiger partial charge in [0.05, 0.1) is 18.8 Å². The Bertz CT molecular complexity index is 648. The monoisotopic (exact) mass is 430 g/mol. The van der Waals surface area contributed by atoms with Crippen LogP contribution in [0, 0.1) is 0 Å². The van der Waals surface area contributed by atoms with Crippen LogP contribution in [0.4, 0.5) is 5.69 Å². The van der Waals surface area contributed by atoms with Gasteiger partial charge in [-0.2, -0.15) is 0 Å². The molecule has 2 saturated heterocycles. The molecule has 2 aliphatic heterocycles. The van der Waals surface area contributed by atoms with E-state index >= 15 is 0 Å². The van der Waals surface area contributed by atoms with E-state index in [0.717, 1.165) is 77.5 Å². The van der Waals surface area contributed by atoms with Crippen molar-refractivity contribution in [3.8, 4) is 0 Å². The summed E-state index contributed by atoms with van der Waals surface area (Å²) in [7, 11) is 4.15. The number of guanidine groups is 1. The number of hydrogen-bond donors (Lipinski definition) is 1. The Morgan fingerprint density at radius 3 is 2.58 bits per heavy atom. The molecule has 6 heteroatoms. The molecule has 1 atom stereocenters. The van der Waals surface area contributed by atoms with E-state index in [9.17, 15) is 0 Å². The molecule has 0 aliphatic carbocycles. The van der Waals surface area contributed by atoms with E-state index < -0.39 is 0 Å². The van der Waals surface area contributed by atoms with Crippen molar-refractivity contribution in [1.29, 1.82) is 0 Å². The minimum Gasteiger partial charge on any atom is -0.378 e. The lowest BCUT2D eigenvalue weighted by atomic mass is 10.1. The van der Waals surface area contributed by atoms with Crippen molar-refractivity contribution in [3.05, 3.63) is 29.8 Å². The van der Waals surface area contributed by atoms with Crippen LogP contribution < -0.4 is 10.2 Å². The summed E-state index contributed by atoms with van der Waals surface area (Å²) in [5, 5.41) is 3.48. The molecule has 1 unspecified atom stereocenters. The third kappa shape index (κ3) is 8.00. The van der Waals surface area contributed by atoms with E-state index in [-0.39, 0.29) is 0 Å². The summed E-state index contributed by atoms with van der Waals surface area (Å²) >= 11 is 0. The fourth-order valence-corrected chi connectivity index (χ4v) is 4.27. The van der Waals surface area contributed by atoms with Gasteiger partial charge < -0.3 is 24.6 Å². The zero-order chi connectivity index (χ0) is 21.9. The fourth-order valence-electron chi connectivity index (χ4n) is 4.27. The molecule has 2 fully saturated rings. The molecule has 0 amide bonds. The maximum Gasteiger partial charge on any atom is 0.193 e. The van der Waals surface area contributed by atoms with Gasteiger partial charge in [0.25, 0.3) is 0 Å². The number of anilines is 1. The molecular weight excluding hydrogens is 388 g/mol. The van der Waals surface area contributed by atoms with Gasteiger partial charge in [-0.1, -0.05) is 12.1 Å². The first-order valence-electron chi connectivity index (χ1n) is 12.2. The predicted octanol–water partition coefficient (Wildman–Crippen LogP) is 3.70. The van der Waals surface area contributed by atoms with Gasteiger partial charge in [0.1, 0.15) is 0 Å². The highest BCUT2D eigenvalue weighted by molar-refractivity contribution is 5.80. The molecule has 1 aromatic carbocycles. The number of rotatable bonds is 9. The molecule has 0 spiro atoms. The standard InChI is InChI=1S/C25H42N4O2/c1-4-26-25(27-16-7-8-21-10-12-22(13-11-21)28(2)3)29-17-14-23(15-18-29)31-20-24-9-5-6-19-30-24/h10-13,23-24H,4-9,14-20H2,1-3H3,(H,26,27). The van der Waals surface area contributed by atoms with Crippen LogP contribution in [0.3, 0.4) is 0 Å². The van der Waals surface area contributed by atoms with Crippen LogP contribution >= 0.6 is 0 Å². The molecule has 2 aliphatic rings. The van der Waals surface area contributed by atoms with E-state index in [2.05, 4.69) is 60.4 Å². The Morgan fingerprint density at radius 1 is 1.16 bits per heavy atom. The van der Waals surface area contributed by atoms with Gasteiger partial charge in [-0.05, 0) is 69.6 Å². The number of aliphatic imine (C=N–C) groups is 1. The highest BCUT2D eigenvalue weighted by atomic mass is 16.5. The molecule has 2 heterocycles. The van der Waals surface area contributed by atoms with E-state index in [4.69, 9.17) is 14.5 Å². The van der Waals surface area contributed by atoms with Gasteiger partial charge in [-0.25, -0.2) is 0 Å². The molecule has 1 N–H and O–H groups in total. The summed E-state index contributed by atoms with van der Waals surface area (Å²) in [5.41, 5.74) is 2.63. The minimum atomic E-state index is 0.310. The third-order valence-electron chi connectivity index (χ3n) is 6.21. The second-order valence-corrected chi connectivity index (χ2v) is 8.91. The number of piperidine rings is 1. The van der Waals surface area contributed by atoms with Crippen molar-refractivity contribution in [1.82, 2.24) is 10.2 Å². The predicted molar refractivity (Wildman–Crippen MR) is 129 cm³/mol. The first kappa shape index (κ1) is 23.9. The third-order valence-corrected chi connectivity index (χ3v) is 6.21. The van der Waals surface area contributed by atoms with Crippen LogP contribution in [-0.2, 0) is 15.9 Å². The van der Waals surface area contributed by atoms with E-state index in [1.54, 1.807) is 0 Å². The number of likely N-dealkylation sites (tertiary alicyclic amines) is 1. The van der Waals surface area contributed by atoms with Crippen molar-refractivity contribution >= 4 is 11.6 Å². The molecule has 0 radical (unpaired) electrons. The van der Waals surface area contributed by atoms with Crippen LogP contribution in [-0.4, -0.2) is 76.6 Å². The number of hydrogen-bond acceptors (Lipinski definition) is 4. The molecule has 3 rings (SSSR count). The number of aryl methyl sites for hydroxylation is 1. The van der Waals surface area contributed by atoms with Gasteiger partial charge in [-0.15, -0.1) is 0 Å². The van der Waals surface area contributed by atoms with Gasteiger partial charge >= 0.3 is 0 Å². The van der Waals surface area contributed by atoms with Crippen molar-refractivity contribution in [3.63, 3.8) is 0 Å². The highest BCUT2D eigenvalue weighted by Crippen LogP contribution is 2.18. The quantitative estimate of drug-likeness (QED) is 0.368. The van der Waals surface area contributed by atoms with Gasteiger partial charge in [0.15, 0.2) is 5.96 Å². The van der Waals surface area contributed by atoms with Gasteiger partial charge in [-0.3, -0.25) is 4.99 Å². The van der Waals surface area contributed by atoms with E-state index in [0.29, 0.717) is 12.2 Å². The topological polar surface area (TPSA) is 49.3 Å². The van der Waals surface area contributed by atoms with Crippen molar-refractivity contribution < 1.29 is 9.47 Å². The van der Waals surface area contributed by atoms with Crippen LogP contribution in [0.2, 0.25) is 0 Å². The Balaban J connectivity index is 1.38. The number of ether oxygens (including phenoxy) is 2. The fraction of sp³-hybridized carbons (Fsp3) is 0.720. The minimum absolute atomic E-state index is 0.310. The largest absolute Gasteiger partial charge is 0.378 e. The van der Waals surface area contributed by atoms with Crippen molar-refractivity contribution in [2.24, 2.45) is 4.99 Å². The highest BCUT2D eigenvalue weighted by Gasteiger charge is 2.23. The average Bonchev–Trinajstić information content (AvgIpc) is 2.81. The summed E-state index contributed by atoms with van der Waals surface area (Å²) < 4.78 is 12.0. The SMILES string of the molecule is CCNC(=NCCCc1ccc(N(C)C)cc1)N1CCC(OCC2CCCCO2)CC1. The molecule has 0 aromatic heterocycles. The van der Waals surface area contributed by atoms with Crippen LogP contribution in [0.25, 0.3) is 0 Å². The zero-order valence-corrected chi connectivity index (χ0v) is 19.8. The van der Waals surface area contributed by atoms with Crippen LogP contribution in [0.15, 0.2) is 29.3 Å². The maximum absolute atomic E-state index is 6.17. The molecule has 0 saturated carbocycles. The maximum atomic E-state index is 6.17. The smallest absolute Gasteiger partial charge is 0.193 e. The lowest BCUT2D eigenvalue weighted by Crippen LogP contribution is -2.47. The number of nitrogens with zero attached hydrogens (tertiary/aromatic N) is 3. The number of nitrogens with one attached hydrogen (secondary N) is 1.